The molecule has 0 aliphatic carbocycles. The maximum Gasteiger partial charge on any atom is 0.282 e. The van der Waals surface area contributed by atoms with Crippen LogP contribution in [-0.2, 0) is 0 Å². The normalized spacial score (nSPS) is 10.8. The van der Waals surface area contributed by atoms with Crippen LogP contribution >= 0.6 is 0 Å². The lowest BCUT2D eigenvalue weighted by Crippen LogP contribution is -2.03. The Kier molecular flexibility index (Phi) is 2.21. The van der Waals surface area contributed by atoms with Gasteiger partial charge in [-0.05, 0) is 13.0 Å². The Bertz CT molecular complexity index is 299. The van der Waals surface area contributed by atoms with Gasteiger partial charge in [0.1, 0.15) is 11.5 Å². The molecule has 0 aliphatic heterocycles. The van der Waals surface area contributed by atoms with Gasteiger partial charge in [0.25, 0.3) is 6.43 Å². The molecule has 0 unspecified atom stereocenters. The molecule has 1 aromatic rings. The molecule has 2 nitrogen and oxygen atoms in total. The highest BCUT2D eigenvalue weighted by molar-refractivity contribution is 5.45. The van der Waals surface area contributed by atoms with Crippen LogP contribution in [0.3, 0.4) is 0 Å². The third-order valence-corrected chi connectivity index (χ3v) is 1.37. The monoisotopic (exact) mass is 176 g/mol. The van der Waals surface area contributed by atoms with Crippen molar-refractivity contribution in [2.45, 2.75) is 13.3 Å². The predicted molar refractivity (Wildman–Crippen MR) is 38.3 cm³/mol. The van der Waals surface area contributed by atoms with Crippen LogP contribution < -0.4 is 5.73 Å². The van der Waals surface area contributed by atoms with Crippen molar-refractivity contribution in [1.82, 2.24) is 4.98 Å². The summed E-state index contributed by atoms with van der Waals surface area (Å²) in [6, 6.07) is 1.02. The quantitative estimate of drug-likeness (QED) is 0.711. The molecule has 0 spiro atoms. The van der Waals surface area contributed by atoms with E-state index in [1.165, 1.54) is 6.92 Å². The number of hydrogen-bond acceptors (Lipinski definition) is 2. The first-order valence-electron chi connectivity index (χ1n) is 3.23. The summed E-state index contributed by atoms with van der Waals surface area (Å²) in [5.41, 5.74) is 3.97. The SMILES string of the molecule is Cc1cc(F)c(N)c(C(F)F)n1. The Morgan fingerprint density at radius 1 is 1.50 bits per heavy atom. The molecule has 0 saturated heterocycles. The summed E-state index contributed by atoms with van der Waals surface area (Å²) in [7, 11) is 0. The minimum atomic E-state index is -2.83. The maximum atomic E-state index is 12.7. The van der Waals surface area contributed by atoms with Gasteiger partial charge in [-0.1, -0.05) is 0 Å². The van der Waals surface area contributed by atoms with E-state index in [0.717, 1.165) is 6.07 Å². The summed E-state index contributed by atoms with van der Waals surface area (Å²) < 4.78 is 36.9. The molecule has 0 aliphatic rings. The number of aryl methyl sites for hydroxylation is 1. The highest BCUT2D eigenvalue weighted by Gasteiger charge is 2.16. The summed E-state index contributed by atoms with van der Waals surface area (Å²) >= 11 is 0. The molecule has 66 valence electrons. The van der Waals surface area contributed by atoms with Gasteiger partial charge in [0.15, 0.2) is 0 Å². The Labute approximate surface area is 67.2 Å². The fraction of sp³-hybridized carbons (Fsp3) is 0.286. The van der Waals surface area contributed by atoms with Crippen LogP contribution in [0.2, 0.25) is 0 Å². The first kappa shape index (κ1) is 8.83. The number of anilines is 1. The van der Waals surface area contributed by atoms with Crippen LogP contribution in [0.4, 0.5) is 18.9 Å². The highest BCUT2D eigenvalue weighted by atomic mass is 19.3. The summed E-state index contributed by atoms with van der Waals surface area (Å²) in [6.07, 6.45) is -2.83. The Morgan fingerprint density at radius 2 is 2.08 bits per heavy atom. The van der Waals surface area contributed by atoms with Crippen LogP contribution in [0, 0.1) is 12.7 Å². The lowest BCUT2D eigenvalue weighted by atomic mass is 10.2. The van der Waals surface area contributed by atoms with Gasteiger partial charge in [-0.2, -0.15) is 0 Å². The second kappa shape index (κ2) is 3.00. The van der Waals surface area contributed by atoms with Gasteiger partial charge in [-0.3, -0.25) is 0 Å². The average molecular weight is 176 g/mol. The van der Waals surface area contributed by atoms with Crippen molar-refractivity contribution < 1.29 is 13.2 Å². The van der Waals surface area contributed by atoms with E-state index in [4.69, 9.17) is 5.73 Å². The van der Waals surface area contributed by atoms with Crippen molar-refractivity contribution in [3.8, 4) is 0 Å². The predicted octanol–water partition coefficient (Wildman–Crippen LogP) is 2.05. The van der Waals surface area contributed by atoms with E-state index < -0.39 is 23.6 Å². The van der Waals surface area contributed by atoms with Gasteiger partial charge >= 0.3 is 0 Å². The third-order valence-electron chi connectivity index (χ3n) is 1.37. The number of pyridine rings is 1. The average Bonchev–Trinajstić information content (AvgIpc) is 1.96. The van der Waals surface area contributed by atoms with Gasteiger partial charge in [0, 0.05) is 5.69 Å². The number of rotatable bonds is 1. The van der Waals surface area contributed by atoms with E-state index in [-0.39, 0.29) is 5.69 Å². The lowest BCUT2D eigenvalue weighted by molar-refractivity contribution is 0.146. The summed E-state index contributed by atoms with van der Waals surface area (Å²) in [5.74, 6) is -0.849. The molecule has 0 amide bonds. The summed E-state index contributed by atoms with van der Waals surface area (Å²) in [4.78, 5) is 3.42. The standard InChI is InChI=1S/C7H7F3N2/c1-3-2-4(8)5(11)6(12-3)7(9)10/h2,7H,11H2,1H3. The molecule has 1 heterocycles. The molecule has 1 aromatic heterocycles. The zero-order valence-corrected chi connectivity index (χ0v) is 6.31. The van der Waals surface area contributed by atoms with Crippen LogP contribution in [0.15, 0.2) is 6.07 Å². The maximum absolute atomic E-state index is 12.7. The van der Waals surface area contributed by atoms with Crippen molar-refractivity contribution >= 4 is 5.69 Å². The molecule has 0 aromatic carbocycles. The van der Waals surface area contributed by atoms with E-state index in [1.54, 1.807) is 0 Å². The second-order valence-electron chi connectivity index (χ2n) is 2.35. The first-order valence-corrected chi connectivity index (χ1v) is 3.23. The molecule has 0 saturated carbocycles. The molecule has 0 bridgehead atoms. The number of aromatic nitrogens is 1. The highest BCUT2D eigenvalue weighted by Crippen LogP contribution is 2.25. The molecule has 12 heavy (non-hydrogen) atoms. The van der Waals surface area contributed by atoms with Gasteiger partial charge in [-0.25, -0.2) is 18.2 Å². The van der Waals surface area contributed by atoms with Crippen molar-refractivity contribution in [2.75, 3.05) is 5.73 Å². The topological polar surface area (TPSA) is 38.9 Å². The Balaban J connectivity index is 3.28. The van der Waals surface area contributed by atoms with Crippen molar-refractivity contribution in [1.29, 1.82) is 0 Å². The van der Waals surface area contributed by atoms with Gasteiger partial charge in [0.2, 0.25) is 0 Å². The van der Waals surface area contributed by atoms with Crippen LogP contribution in [-0.4, -0.2) is 4.98 Å². The Morgan fingerprint density at radius 3 is 2.58 bits per heavy atom. The first-order chi connectivity index (χ1) is 5.52. The molecule has 0 radical (unpaired) electrons. The van der Waals surface area contributed by atoms with Crippen LogP contribution in [0.1, 0.15) is 17.8 Å². The number of hydrogen-bond donors (Lipinski definition) is 1. The molecule has 0 atom stereocenters. The largest absolute Gasteiger partial charge is 0.395 e. The van der Waals surface area contributed by atoms with Crippen LogP contribution in [0.5, 0.6) is 0 Å². The zero-order valence-electron chi connectivity index (χ0n) is 6.31. The van der Waals surface area contributed by atoms with E-state index in [1.807, 2.05) is 0 Å². The van der Waals surface area contributed by atoms with Crippen LogP contribution in [0.25, 0.3) is 0 Å². The molecule has 0 fully saturated rings. The van der Waals surface area contributed by atoms with Crippen molar-refractivity contribution in [2.24, 2.45) is 0 Å². The van der Waals surface area contributed by atoms with Crippen molar-refractivity contribution in [3.63, 3.8) is 0 Å². The second-order valence-corrected chi connectivity index (χ2v) is 2.35. The summed E-state index contributed by atoms with van der Waals surface area (Å²) in [5, 5.41) is 0. The van der Waals surface area contributed by atoms with Gasteiger partial charge < -0.3 is 5.73 Å². The molecule has 5 heteroatoms. The number of alkyl halides is 2. The molecule has 2 N–H and O–H groups in total. The van der Waals surface area contributed by atoms with E-state index >= 15 is 0 Å². The number of nitrogen functional groups attached to an aromatic ring is 1. The lowest BCUT2D eigenvalue weighted by Gasteiger charge is -2.05. The van der Waals surface area contributed by atoms with Gasteiger partial charge in [0.05, 0.1) is 5.69 Å². The molecular weight excluding hydrogens is 169 g/mol. The molecular formula is C7H7F3N2. The van der Waals surface area contributed by atoms with Crippen molar-refractivity contribution in [3.05, 3.63) is 23.3 Å². The van der Waals surface area contributed by atoms with Gasteiger partial charge in [-0.15, -0.1) is 0 Å². The number of halogens is 3. The number of nitrogens with zero attached hydrogens (tertiary/aromatic N) is 1. The minimum Gasteiger partial charge on any atom is -0.395 e. The fourth-order valence-electron chi connectivity index (χ4n) is 0.832. The van der Waals surface area contributed by atoms with E-state index in [0.29, 0.717) is 0 Å². The third kappa shape index (κ3) is 1.49. The van der Waals surface area contributed by atoms with E-state index in [9.17, 15) is 13.2 Å². The zero-order chi connectivity index (χ0) is 9.30. The minimum absolute atomic E-state index is 0.192. The Hall–Kier alpha value is -1.26. The molecule has 1 rings (SSSR count). The van der Waals surface area contributed by atoms with E-state index in [2.05, 4.69) is 4.98 Å². The smallest absolute Gasteiger partial charge is 0.282 e. The summed E-state index contributed by atoms with van der Waals surface area (Å²) in [6.45, 7) is 1.42. The fourth-order valence-corrected chi connectivity index (χ4v) is 0.832. The number of nitrogens with two attached hydrogens (primary N) is 1.